The lowest BCUT2D eigenvalue weighted by atomic mass is 10.2. The molecule has 0 aliphatic rings. The lowest BCUT2D eigenvalue weighted by Gasteiger charge is -2.06. The quantitative estimate of drug-likeness (QED) is 0.777. The largest absolute Gasteiger partial charge is 0.478 e. The Kier molecular flexibility index (Phi) is 3.42. The normalized spacial score (nSPS) is 10.3. The molecule has 0 fully saturated rings. The van der Waals surface area contributed by atoms with Crippen molar-refractivity contribution in [3.63, 3.8) is 0 Å². The molecular formula is C11H12N4O2S. The van der Waals surface area contributed by atoms with Crippen LogP contribution in [0.1, 0.15) is 20.2 Å². The number of nitrogens with two attached hydrogens (primary N) is 1. The van der Waals surface area contributed by atoms with Crippen LogP contribution in [0, 0.1) is 6.92 Å². The molecule has 0 unspecified atom stereocenters. The molecule has 0 aromatic carbocycles. The Balaban J connectivity index is 2.10. The lowest BCUT2D eigenvalue weighted by Crippen LogP contribution is -2.07. The van der Waals surface area contributed by atoms with Crippen LogP contribution in [0.15, 0.2) is 18.5 Å². The molecule has 4 N–H and O–H groups in total. The molecule has 2 aromatic rings. The van der Waals surface area contributed by atoms with Crippen molar-refractivity contribution >= 4 is 28.8 Å². The van der Waals surface area contributed by atoms with Crippen LogP contribution in [0.2, 0.25) is 0 Å². The Bertz CT molecular complexity index is 582. The van der Waals surface area contributed by atoms with Gasteiger partial charge in [-0.2, -0.15) is 0 Å². The highest BCUT2D eigenvalue weighted by atomic mass is 32.1. The van der Waals surface area contributed by atoms with Gasteiger partial charge in [-0.15, -0.1) is 11.3 Å². The van der Waals surface area contributed by atoms with Crippen LogP contribution in [0.5, 0.6) is 0 Å². The van der Waals surface area contributed by atoms with E-state index in [1.165, 1.54) is 12.3 Å². The van der Waals surface area contributed by atoms with Crippen molar-refractivity contribution in [1.82, 2.24) is 9.97 Å². The topological polar surface area (TPSA) is 101 Å². The first-order valence-corrected chi connectivity index (χ1v) is 6.02. The van der Waals surface area contributed by atoms with Gasteiger partial charge in [0.05, 0.1) is 24.0 Å². The zero-order chi connectivity index (χ0) is 13.1. The standard InChI is InChI=1S/C11H12N4O2S/c1-6-3-15-10(18-6)5-14-9-2-7(11(16)17)8(12)4-13-9/h2-4H,5,12H2,1H3,(H,13,14)(H,16,17). The second-order valence-electron chi connectivity index (χ2n) is 3.68. The van der Waals surface area contributed by atoms with Crippen LogP contribution in [0.3, 0.4) is 0 Å². The van der Waals surface area contributed by atoms with Crippen molar-refractivity contribution in [1.29, 1.82) is 0 Å². The summed E-state index contributed by atoms with van der Waals surface area (Å²) in [6.45, 7) is 2.49. The minimum absolute atomic E-state index is 0.0443. The van der Waals surface area contributed by atoms with Crippen LogP contribution in [-0.4, -0.2) is 21.0 Å². The number of thiazole rings is 1. The summed E-state index contributed by atoms with van der Waals surface area (Å²) in [7, 11) is 0. The molecule has 0 bridgehead atoms. The number of aromatic carboxylic acids is 1. The molecule has 0 radical (unpaired) electrons. The SMILES string of the molecule is Cc1cnc(CNc2cc(C(=O)O)c(N)cn2)s1. The fraction of sp³-hybridized carbons (Fsp3) is 0.182. The van der Waals surface area contributed by atoms with Gasteiger partial charge in [0.25, 0.3) is 0 Å². The van der Waals surface area contributed by atoms with E-state index >= 15 is 0 Å². The van der Waals surface area contributed by atoms with E-state index in [9.17, 15) is 4.79 Å². The molecule has 2 rings (SSSR count). The first-order valence-electron chi connectivity index (χ1n) is 5.20. The van der Waals surface area contributed by atoms with Gasteiger partial charge >= 0.3 is 5.97 Å². The molecule has 0 saturated heterocycles. The molecule has 2 heterocycles. The first kappa shape index (κ1) is 12.3. The molecule has 0 aliphatic heterocycles. The Hall–Kier alpha value is -2.15. The summed E-state index contributed by atoms with van der Waals surface area (Å²) in [5, 5.41) is 12.9. The fourth-order valence-corrected chi connectivity index (χ4v) is 2.12. The number of hydrogen-bond acceptors (Lipinski definition) is 6. The van der Waals surface area contributed by atoms with Crippen LogP contribution in [0.4, 0.5) is 11.5 Å². The molecule has 18 heavy (non-hydrogen) atoms. The summed E-state index contributed by atoms with van der Waals surface area (Å²) in [5.74, 6) is -0.600. The Labute approximate surface area is 108 Å². The van der Waals surface area contributed by atoms with Crippen molar-refractivity contribution in [2.45, 2.75) is 13.5 Å². The number of carboxylic acid groups (broad SMARTS) is 1. The van der Waals surface area contributed by atoms with E-state index in [4.69, 9.17) is 10.8 Å². The summed E-state index contributed by atoms with van der Waals surface area (Å²) in [4.78, 5) is 20.2. The predicted octanol–water partition coefficient (Wildman–Crippen LogP) is 1.74. The first-order chi connectivity index (χ1) is 8.56. The summed E-state index contributed by atoms with van der Waals surface area (Å²) < 4.78 is 0. The Morgan fingerprint density at radius 3 is 2.89 bits per heavy atom. The number of rotatable bonds is 4. The second kappa shape index (κ2) is 5.01. The summed E-state index contributed by atoms with van der Waals surface area (Å²) in [6.07, 6.45) is 3.12. The maximum Gasteiger partial charge on any atom is 0.337 e. The summed E-state index contributed by atoms with van der Waals surface area (Å²) in [6, 6.07) is 1.41. The summed E-state index contributed by atoms with van der Waals surface area (Å²) in [5.41, 5.74) is 5.71. The number of anilines is 2. The molecular weight excluding hydrogens is 252 g/mol. The third kappa shape index (κ3) is 2.75. The minimum atomic E-state index is -1.07. The molecule has 0 spiro atoms. The van der Waals surface area contributed by atoms with E-state index < -0.39 is 5.97 Å². The number of hydrogen-bond donors (Lipinski definition) is 3. The molecule has 0 saturated carbocycles. The number of nitrogens with one attached hydrogen (secondary N) is 1. The van der Waals surface area contributed by atoms with Crippen molar-refractivity contribution < 1.29 is 9.90 Å². The van der Waals surface area contributed by atoms with E-state index in [1.807, 2.05) is 6.92 Å². The van der Waals surface area contributed by atoms with Gasteiger partial charge in [-0.25, -0.2) is 14.8 Å². The number of nitrogens with zero attached hydrogens (tertiary/aromatic N) is 2. The second-order valence-corrected chi connectivity index (χ2v) is 5.00. The highest BCUT2D eigenvalue weighted by Gasteiger charge is 2.09. The summed E-state index contributed by atoms with van der Waals surface area (Å²) >= 11 is 1.58. The minimum Gasteiger partial charge on any atom is -0.478 e. The number of carboxylic acids is 1. The molecule has 0 atom stereocenters. The van der Waals surface area contributed by atoms with Crippen molar-refractivity contribution in [2.24, 2.45) is 0 Å². The van der Waals surface area contributed by atoms with Gasteiger partial charge in [0.2, 0.25) is 0 Å². The number of nitrogen functional groups attached to an aromatic ring is 1. The third-order valence-electron chi connectivity index (χ3n) is 2.26. The molecule has 6 nitrogen and oxygen atoms in total. The molecule has 7 heteroatoms. The molecule has 2 aromatic heterocycles. The highest BCUT2D eigenvalue weighted by molar-refractivity contribution is 7.11. The number of aromatic nitrogens is 2. The van der Waals surface area contributed by atoms with E-state index in [2.05, 4.69) is 15.3 Å². The van der Waals surface area contributed by atoms with E-state index in [0.717, 1.165) is 9.88 Å². The van der Waals surface area contributed by atoms with Gasteiger partial charge in [0.15, 0.2) is 0 Å². The monoisotopic (exact) mass is 264 g/mol. The zero-order valence-corrected chi connectivity index (χ0v) is 10.5. The highest BCUT2D eigenvalue weighted by Crippen LogP contribution is 2.17. The predicted molar refractivity (Wildman–Crippen MR) is 69.8 cm³/mol. The van der Waals surface area contributed by atoms with Gasteiger partial charge in [-0.05, 0) is 13.0 Å². The van der Waals surface area contributed by atoms with Gasteiger partial charge < -0.3 is 16.2 Å². The third-order valence-corrected chi connectivity index (χ3v) is 3.17. The van der Waals surface area contributed by atoms with Crippen molar-refractivity contribution in [3.8, 4) is 0 Å². The van der Waals surface area contributed by atoms with Gasteiger partial charge in [0, 0.05) is 11.1 Å². The van der Waals surface area contributed by atoms with E-state index in [-0.39, 0.29) is 11.3 Å². The average molecular weight is 264 g/mol. The lowest BCUT2D eigenvalue weighted by molar-refractivity contribution is 0.0698. The van der Waals surface area contributed by atoms with E-state index in [1.54, 1.807) is 17.5 Å². The average Bonchev–Trinajstić information content (AvgIpc) is 2.74. The fourth-order valence-electron chi connectivity index (χ4n) is 1.40. The Morgan fingerprint density at radius 2 is 2.28 bits per heavy atom. The van der Waals surface area contributed by atoms with Crippen LogP contribution in [0.25, 0.3) is 0 Å². The van der Waals surface area contributed by atoms with Gasteiger partial charge in [0.1, 0.15) is 10.8 Å². The van der Waals surface area contributed by atoms with Crippen molar-refractivity contribution in [2.75, 3.05) is 11.1 Å². The molecule has 0 amide bonds. The van der Waals surface area contributed by atoms with Gasteiger partial charge in [-0.1, -0.05) is 0 Å². The smallest absolute Gasteiger partial charge is 0.337 e. The van der Waals surface area contributed by atoms with Crippen LogP contribution < -0.4 is 11.1 Å². The van der Waals surface area contributed by atoms with E-state index in [0.29, 0.717) is 12.4 Å². The van der Waals surface area contributed by atoms with Crippen LogP contribution in [-0.2, 0) is 6.54 Å². The van der Waals surface area contributed by atoms with Crippen LogP contribution >= 0.6 is 11.3 Å². The van der Waals surface area contributed by atoms with Crippen molar-refractivity contribution in [3.05, 3.63) is 33.9 Å². The molecule has 94 valence electrons. The number of aryl methyl sites for hydroxylation is 1. The maximum absolute atomic E-state index is 10.9. The zero-order valence-electron chi connectivity index (χ0n) is 9.67. The number of carbonyl (C=O) groups is 1. The Morgan fingerprint density at radius 1 is 1.50 bits per heavy atom. The maximum atomic E-state index is 10.9. The number of pyridine rings is 1. The van der Waals surface area contributed by atoms with Gasteiger partial charge in [-0.3, -0.25) is 0 Å². The molecule has 0 aliphatic carbocycles.